The molecule has 0 atom stereocenters. The molecule has 0 aliphatic heterocycles. The predicted molar refractivity (Wildman–Crippen MR) is 52.9 cm³/mol. The van der Waals surface area contributed by atoms with Gasteiger partial charge >= 0.3 is 0 Å². The molecule has 2 heterocycles. The van der Waals surface area contributed by atoms with Crippen LogP contribution in [0.1, 0.15) is 10.9 Å². The zero-order valence-electron chi connectivity index (χ0n) is 7.94. The second-order valence-electron chi connectivity index (χ2n) is 2.79. The lowest BCUT2D eigenvalue weighted by molar-refractivity contribution is 0.372. The summed E-state index contributed by atoms with van der Waals surface area (Å²) in [5, 5.41) is 7.81. The molecule has 74 valence electrons. The van der Waals surface area contributed by atoms with Crippen LogP contribution in [0.5, 0.6) is 0 Å². The maximum Gasteiger partial charge on any atom is 0.240 e. The maximum atomic E-state index is 5.02. The Morgan fingerprint density at radius 3 is 3.07 bits per heavy atom. The average molecular weight is 210 g/mol. The van der Waals surface area contributed by atoms with E-state index in [1.54, 1.807) is 17.5 Å². The first kappa shape index (κ1) is 9.29. The number of rotatable bonds is 3. The van der Waals surface area contributed by atoms with Gasteiger partial charge in [-0.05, 0) is 14.0 Å². The van der Waals surface area contributed by atoms with E-state index in [1.165, 1.54) is 0 Å². The summed E-state index contributed by atoms with van der Waals surface area (Å²) in [4.78, 5) is 9.28. The number of aromatic nitrogens is 3. The van der Waals surface area contributed by atoms with Crippen molar-refractivity contribution < 1.29 is 4.52 Å². The zero-order valence-corrected chi connectivity index (χ0v) is 8.76. The standard InChI is InChI=1S/C8H10N4OS/c1-5-10-3-6(14-5)8-11-7(4-9-2)13-12-8/h3,9H,4H2,1-2H3. The highest BCUT2D eigenvalue weighted by molar-refractivity contribution is 7.14. The molecular weight excluding hydrogens is 200 g/mol. The Kier molecular flexibility index (Phi) is 2.55. The first-order chi connectivity index (χ1) is 6.79. The van der Waals surface area contributed by atoms with Crippen LogP contribution in [0.4, 0.5) is 0 Å². The van der Waals surface area contributed by atoms with E-state index in [1.807, 2.05) is 14.0 Å². The summed E-state index contributed by atoms with van der Waals surface area (Å²) in [6.45, 7) is 2.54. The fourth-order valence-corrected chi connectivity index (χ4v) is 1.75. The summed E-state index contributed by atoms with van der Waals surface area (Å²) in [5.41, 5.74) is 0. The van der Waals surface area contributed by atoms with Crippen molar-refractivity contribution >= 4 is 11.3 Å². The molecule has 0 aliphatic rings. The first-order valence-corrected chi connectivity index (χ1v) is 5.01. The molecule has 0 spiro atoms. The Bertz CT molecular complexity index is 422. The molecule has 0 radical (unpaired) electrons. The lowest BCUT2D eigenvalue weighted by Gasteiger charge is -1.86. The quantitative estimate of drug-likeness (QED) is 0.825. The highest BCUT2D eigenvalue weighted by Gasteiger charge is 2.09. The van der Waals surface area contributed by atoms with Gasteiger partial charge in [0.05, 0.1) is 16.4 Å². The summed E-state index contributed by atoms with van der Waals surface area (Å²) < 4.78 is 5.02. The predicted octanol–water partition coefficient (Wildman–Crippen LogP) is 1.22. The fourth-order valence-electron chi connectivity index (χ4n) is 1.04. The number of hydrogen-bond donors (Lipinski definition) is 1. The zero-order chi connectivity index (χ0) is 9.97. The molecule has 6 heteroatoms. The van der Waals surface area contributed by atoms with Crippen molar-refractivity contribution in [3.63, 3.8) is 0 Å². The molecule has 0 saturated carbocycles. The van der Waals surface area contributed by atoms with Gasteiger partial charge in [0.25, 0.3) is 0 Å². The van der Waals surface area contributed by atoms with Crippen LogP contribution in [0, 0.1) is 6.92 Å². The third-order valence-corrected chi connectivity index (χ3v) is 2.55. The second-order valence-corrected chi connectivity index (χ2v) is 4.02. The van der Waals surface area contributed by atoms with Crippen molar-refractivity contribution in [2.75, 3.05) is 7.05 Å². The normalized spacial score (nSPS) is 10.7. The topological polar surface area (TPSA) is 63.8 Å². The highest BCUT2D eigenvalue weighted by atomic mass is 32.1. The van der Waals surface area contributed by atoms with Gasteiger partial charge in [-0.2, -0.15) is 4.98 Å². The van der Waals surface area contributed by atoms with Crippen molar-refractivity contribution in [1.29, 1.82) is 0 Å². The number of hydrogen-bond acceptors (Lipinski definition) is 6. The van der Waals surface area contributed by atoms with Crippen molar-refractivity contribution in [3.8, 4) is 10.7 Å². The Hall–Kier alpha value is -1.27. The van der Waals surface area contributed by atoms with E-state index in [2.05, 4.69) is 20.4 Å². The van der Waals surface area contributed by atoms with Gasteiger partial charge in [-0.15, -0.1) is 11.3 Å². The monoisotopic (exact) mass is 210 g/mol. The molecule has 0 fully saturated rings. The summed E-state index contributed by atoms with van der Waals surface area (Å²) in [6, 6.07) is 0. The first-order valence-electron chi connectivity index (χ1n) is 4.19. The van der Waals surface area contributed by atoms with E-state index in [4.69, 9.17) is 4.52 Å². The molecule has 0 amide bonds. The van der Waals surface area contributed by atoms with Crippen LogP contribution in [0.15, 0.2) is 10.7 Å². The summed E-state index contributed by atoms with van der Waals surface area (Å²) in [6.07, 6.45) is 1.76. The van der Waals surface area contributed by atoms with Crippen molar-refractivity contribution in [2.24, 2.45) is 0 Å². The second kappa shape index (κ2) is 3.85. The summed E-state index contributed by atoms with van der Waals surface area (Å²) in [5.74, 6) is 1.20. The largest absolute Gasteiger partial charge is 0.338 e. The number of aryl methyl sites for hydroxylation is 1. The number of nitrogens with one attached hydrogen (secondary N) is 1. The molecule has 5 nitrogen and oxygen atoms in total. The van der Waals surface area contributed by atoms with Crippen LogP contribution in [0.25, 0.3) is 10.7 Å². The fraction of sp³-hybridized carbons (Fsp3) is 0.375. The van der Waals surface area contributed by atoms with E-state index in [9.17, 15) is 0 Å². The smallest absolute Gasteiger partial charge is 0.240 e. The van der Waals surface area contributed by atoms with Crippen molar-refractivity contribution in [3.05, 3.63) is 17.1 Å². The van der Waals surface area contributed by atoms with Gasteiger partial charge in [-0.3, -0.25) is 0 Å². The maximum absolute atomic E-state index is 5.02. The average Bonchev–Trinajstić information content (AvgIpc) is 2.74. The lowest BCUT2D eigenvalue weighted by atomic mass is 10.5. The SMILES string of the molecule is CNCc1nc(-c2cnc(C)s2)no1. The van der Waals surface area contributed by atoms with E-state index >= 15 is 0 Å². The van der Waals surface area contributed by atoms with E-state index in [0.717, 1.165) is 9.88 Å². The summed E-state index contributed by atoms with van der Waals surface area (Å²) in [7, 11) is 1.83. The Morgan fingerprint density at radius 1 is 1.57 bits per heavy atom. The molecule has 2 aromatic heterocycles. The van der Waals surface area contributed by atoms with Gasteiger partial charge in [0.1, 0.15) is 0 Å². The Morgan fingerprint density at radius 2 is 2.43 bits per heavy atom. The van der Waals surface area contributed by atoms with Crippen LogP contribution in [0.2, 0.25) is 0 Å². The van der Waals surface area contributed by atoms with E-state index < -0.39 is 0 Å². The molecule has 0 saturated heterocycles. The molecule has 0 aliphatic carbocycles. The molecule has 0 aromatic carbocycles. The van der Waals surface area contributed by atoms with E-state index in [0.29, 0.717) is 18.3 Å². The Labute approximate surface area is 85.2 Å². The lowest BCUT2D eigenvalue weighted by Crippen LogP contribution is -2.04. The van der Waals surface area contributed by atoms with E-state index in [-0.39, 0.29) is 0 Å². The Balaban J connectivity index is 2.24. The minimum atomic E-state index is 0.588. The molecule has 0 unspecified atom stereocenters. The third kappa shape index (κ3) is 1.80. The minimum absolute atomic E-state index is 0.588. The van der Waals surface area contributed by atoms with Gasteiger partial charge < -0.3 is 9.84 Å². The van der Waals surface area contributed by atoms with Crippen LogP contribution < -0.4 is 5.32 Å². The van der Waals surface area contributed by atoms with Gasteiger partial charge in [0.15, 0.2) is 0 Å². The molecule has 14 heavy (non-hydrogen) atoms. The van der Waals surface area contributed by atoms with Crippen LogP contribution >= 0.6 is 11.3 Å². The van der Waals surface area contributed by atoms with Gasteiger partial charge in [-0.25, -0.2) is 4.98 Å². The molecular formula is C8H10N4OS. The number of nitrogens with zero attached hydrogens (tertiary/aromatic N) is 3. The van der Waals surface area contributed by atoms with Gasteiger partial charge in [0.2, 0.25) is 11.7 Å². The number of thiazole rings is 1. The van der Waals surface area contributed by atoms with Crippen molar-refractivity contribution in [2.45, 2.75) is 13.5 Å². The van der Waals surface area contributed by atoms with Gasteiger partial charge in [-0.1, -0.05) is 5.16 Å². The van der Waals surface area contributed by atoms with Crippen LogP contribution in [-0.2, 0) is 6.54 Å². The minimum Gasteiger partial charge on any atom is -0.338 e. The highest BCUT2D eigenvalue weighted by Crippen LogP contribution is 2.22. The van der Waals surface area contributed by atoms with Crippen LogP contribution in [0.3, 0.4) is 0 Å². The summed E-state index contributed by atoms with van der Waals surface area (Å²) >= 11 is 1.56. The van der Waals surface area contributed by atoms with Crippen molar-refractivity contribution in [1.82, 2.24) is 20.4 Å². The third-order valence-electron chi connectivity index (χ3n) is 1.64. The molecule has 2 rings (SSSR count). The van der Waals surface area contributed by atoms with Gasteiger partial charge in [0, 0.05) is 6.20 Å². The molecule has 0 bridgehead atoms. The van der Waals surface area contributed by atoms with Crippen LogP contribution in [-0.4, -0.2) is 22.2 Å². The molecule has 1 N–H and O–H groups in total. The molecule has 2 aromatic rings.